The van der Waals surface area contributed by atoms with Gasteiger partial charge in [-0.3, -0.25) is 4.74 Å². The van der Waals surface area contributed by atoms with Gasteiger partial charge in [-0.15, -0.1) is 0 Å². The van der Waals surface area contributed by atoms with Crippen molar-refractivity contribution < 1.29 is 61.7 Å². The second-order valence-electron chi connectivity index (χ2n) is 3.16. The van der Waals surface area contributed by atoms with Gasteiger partial charge in [0.25, 0.3) is 0 Å². The van der Waals surface area contributed by atoms with Crippen molar-refractivity contribution in [2.75, 3.05) is 7.11 Å². The van der Waals surface area contributed by atoms with E-state index in [1.54, 1.807) is 0 Å². The fourth-order valence-corrected chi connectivity index (χ4v) is 1.05. The summed E-state index contributed by atoms with van der Waals surface area (Å²) < 4.78 is 136. The molecule has 21 heavy (non-hydrogen) atoms. The van der Waals surface area contributed by atoms with Crippen molar-refractivity contribution in [3.8, 4) is 0 Å². The first kappa shape index (κ1) is 19.8. The maximum Gasteiger partial charge on any atom is 0.464 e. The topological polar surface area (TPSA) is 69.7 Å². The summed E-state index contributed by atoms with van der Waals surface area (Å²) in [5.41, 5.74) is 0. The van der Waals surface area contributed by atoms with Gasteiger partial charge in [0.1, 0.15) is 0 Å². The van der Waals surface area contributed by atoms with Gasteiger partial charge in [-0.05, 0) is 0 Å². The van der Waals surface area contributed by atoms with Gasteiger partial charge in [0.15, 0.2) is 0 Å². The molecule has 0 aliphatic carbocycles. The monoisotopic (exact) mass is 358 g/mol. The number of carbonyl (C=O) groups excluding carboxylic acids is 1. The molecule has 0 aromatic carbocycles. The number of alkyl halides is 8. The van der Waals surface area contributed by atoms with E-state index in [0.29, 0.717) is 0 Å². The van der Waals surface area contributed by atoms with E-state index in [1.165, 1.54) is 0 Å². The molecule has 0 bridgehead atoms. The molecule has 0 heterocycles. The van der Waals surface area contributed by atoms with E-state index >= 15 is 0 Å². The summed E-state index contributed by atoms with van der Waals surface area (Å²) in [5.74, 6) is -9.42. The van der Waals surface area contributed by atoms with Crippen LogP contribution in [0.15, 0.2) is 0 Å². The maximum atomic E-state index is 13.2. The zero-order chi connectivity index (χ0) is 17.5. The molecule has 0 N–H and O–H groups in total. The molecule has 126 valence electrons. The molecule has 0 saturated carbocycles. The molecular formula is C6H3F9O5S. The number of rotatable bonds is 5. The lowest BCUT2D eigenvalue weighted by atomic mass is 10.3. The second kappa shape index (κ2) is 5.19. The molecule has 15 heteroatoms. The van der Waals surface area contributed by atoms with Gasteiger partial charge in [0.05, 0.1) is 7.11 Å². The summed E-state index contributed by atoms with van der Waals surface area (Å²) in [5, 5.41) is -6.91. The van der Waals surface area contributed by atoms with E-state index in [-0.39, 0.29) is 7.11 Å². The molecule has 0 unspecified atom stereocenters. The summed E-state index contributed by atoms with van der Waals surface area (Å²) >= 11 is 0. The first-order valence-electron chi connectivity index (χ1n) is 4.18. The van der Waals surface area contributed by atoms with Gasteiger partial charge in [-0.1, -0.05) is 3.89 Å². The fraction of sp³-hybridized carbons (Fsp3) is 0.833. The lowest BCUT2D eigenvalue weighted by Crippen LogP contribution is -2.59. The molecule has 0 radical (unpaired) electrons. The van der Waals surface area contributed by atoms with Gasteiger partial charge < -0.3 is 4.74 Å². The van der Waals surface area contributed by atoms with E-state index < -0.39 is 39.6 Å². The van der Waals surface area contributed by atoms with Gasteiger partial charge in [0, 0.05) is 0 Å². The Kier molecular flexibility index (Phi) is 4.88. The predicted molar refractivity (Wildman–Crippen MR) is 42.9 cm³/mol. The van der Waals surface area contributed by atoms with Gasteiger partial charge in [-0.2, -0.15) is 43.5 Å². The van der Waals surface area contributed by atoms with Crippen molar-refractivity contribution in [3.05, 3.63) is 0 Å². The quantitative estimate of drug-likeness (QED) is 0.427. The molecule has 0 fully saturated rings. The Morgan fingerprint density at radius 3 is 1.57 bits per heavy atom. The van der Waals surface area contributed by atoms with Crippen molar-refractivity contribution in [2.45, 2.75) is 23.4 Å². The Bertz CT molecular complexity index is 511. The van der Waals surface area contributed by atoms with Crippen molar-refractivity contribution in [1.29, 1.82) is 0 Å². The number of hydrogen-bond acceptors (Lipinski definition) is 5. The van der Waals surface area contributed by atoms with Crippen molar-refractivity contribution in [1.82, 2.24) is 0 Å². The van der Waals surface area contributed by atoms with Crippen LogP contribution in [0.4, 0.5) is 39.0 Å². The highest BCUT2D eigenvalue weighted by Gasteiger charge is 2.77. The van der Waals surface area contributed by atoms with Gasteiger partial charge >= 0.3 is 39.6 Å². The Morgan fingerprint density at radius 2 is 1.33 bits per heavy atom. The van der Waals surface area contributed by atoms with E-state index in [4.69, 9.17) is 0 Å². The van der Waals surface area contributed by atoms with E-state index in [2.05, 4.69) is 4.74 Å². The summed E-state index contributed by atoms with van der Waals surface area (Å²) in [6.45, 7) is 0. The lowest BCUT2D eigenvalue weighted by molar-refractivity contribution is -0.426. The number of hydrogen-bond donors (Lipinski definition) is 0. The van der Waals surface area contributed by atoms with Crippen LogP contribution in [0.5, 0.6) is 0 Å². The molecule has 0 spiro atoms. The number of carbonyl (C=O) groups is 1. The van der Waals surface area contributed by atoms with Crippen LogP contribution in [0.3, 0.4) is 0 Å². The largest absolute Gasteiger partial charge is 0.465 e. The number of halogens is 9. The molecule has 0 rings (SSSR count). The third kappa shape index (κ3) is 3.33. The Balaban J connectivity index is 5.93. The number of ether oxygens (including phenoxy) is 2. The van der Waals surface area contributed by atoms with Crippen LogP contribution in [0, 0.1) is 0 Å². The Hall–Kier alpha value is -1.25. The maximum absolute atomic E-state index is 13.2. The van der Waals surface area contributed by atoms with Crippen molar-refractivity contribution in [3.63, 3.8) is 0 Å². The minimum absolute atomic E-state index is 0.0495. The van der Waals surface area contributed by atoms with Crippen LogP contribution < -0.4 is 0 Å². The normalized spacial score (nSPS) is 17.2. The summed E-state index contributed by atoms with van der Waals surface area (Å²) in [7, 11) is -7.46. The lowest BCUT2D eigenvalue weighted by Gasteiger charge is -2.31. The van der Waals surface area contributed by atoms with Crippen molar-refractivity contribution in [2.24, 2.45) is 0 Å². The summed E-state index contributed by atoms with van der Waals surface area (Å²) in [6, 6.07) is 0. The average molecular weight is 358 g/mol. The molecule has 1 atom stereocenters. The second-order valence-corrected chi connectivity index (χ2v) is 4.55. The highest BCUT2D eigenvalue weighted by Crippen LogP contribution is 2.47. The van der Waals surface area contributed by atoms with Crippen LogP contribution in [0.25, 0.3) is 0 Å². The third-order valence-electron chi connectivity index (χ3n) is 1.73. The minimum Gasteiger partial charge on any atom is -0.465 e. The molecule has 0 saturated heterocycles. The first-order chi connectivity index (χ1) is 8.94. The highest BCUT2D eigenvalue weighted by molar-refractivity contribution is 7.87. The smallest absolute Gasteiger partial charge is 0.464 e. The van der Waals surface area contributed by atoms with E-state index in [1.807, 2.05) is 4.74 Å². The third-order valence-corrected chi connectivity index (χ3v) is 2.58. The Morgan fingerprint density at radius 1 is 0.952 bits per heavy atom. The molecule has 5 nitrogen and oxygen atoms in total. The predicted octanol–water partition coefficient (Wildman–Crippen LogP) is 1.89. The Labute approximate surface area is 109 Å². The zero-order valence-electron chi connectivity index (χ0n) is 9.35. The SMILES string of the molecule is COC(=O)[C@@](F)(OC(F)(F)C(F)(F)S(=O)(=O)F)C(F)(F)F. The standard InChI is InChI=1S/C6H3F9O5S/c1-19-2(16)3(7,4(8,9)10)20-5(11,12)6(13,14)21(15,17)18/h1H3/t3-/m1/s1. The molecular weight excluding hydrogens is 355 g/mol. The van der Waals surface area contributed by atoms with Crippen LogP contribution >= 0.6 is 0 Å². The van der Waals surface area contributed by atoms with Gasteiger partial charge in [0.2, 0.25) is 0 Å². The highest BCUT2D eigenvalue weighted by atomic mass is 32.3. The first-order valence-corrected chi connectivity index (χ1v) is 5.56. The number of methoxy groups -OCH3 is 1. The van der Waals surface area contributed by atoms with Crippen molar-refractivity contribution >= 4 is 16.2 Å². The van der Waals surface area contributed by atoms with Crippen LogP contribution in [-0.2, 0) is 24.5 Å². The molecule has 0 aliphatic heterocycles. The fourth-order valence-electron chi connectivity index (χ4n) is 0.724. The number of esters is 1. The van der Waals surface area contributed by atoms with Crippen LogP contribution in [0.1, 0.15) is 0 Å². The van der Waals surface area contributed by atoms with Gasteiger partial charge in [-0.25, -0.2) is 4.79 Å². The minimum atomic E-state index is -7.50. The van der Waals surface area contributed by atoms with Crippen LogP contribution in [-0.4, -0.2) is 44.9 Å². The molecule has 0 amide bonds. The molecule has 0 aliphatic rings. The average Bonchev–Trinajstić information content (AvgIpc) is 2.23. The zero-order valence-corrected chi connectivity index (χ0v) is 10.2. The van der Waals surface area contributed by atoms with E-state index in [0.717, 1.165) is 0 Å². The summed E-state index contributed by atoms with van der Waals surface area (Å²) in [4.78, 5) is 10.5. The molecule has 0 aromatic heterocycles. The van der Waals surface area contributed by atoms with Crippen LogP contribution in [0.2, 0.25) is 0 Å². The summed E-state index contributed by atoms with van der Waals surface area (Å²) in [6.07, 6.45) is -13.6. The molecule has 0 aromatic rings. The van der Waals surface area contributed by atoms with E-state index in [9.17, 15) is 52.2 Å².